The summed E-state index contributed by atoms with van der Waals surface area (Å²) in [5.41, 5.74) is 2.97. The molecular weight excluding hydrogens is 296 g/mol. The van der Waals surface area contributed by atoms with E-state index in [9.17, 15) is 4.79 Å². The van der Waals surface area contributed by atoms with Gasteiger partial charge in [-0.25, -0.2) is 0 Å². The number of unbranched alkanes of at least 4 members (excludes halogenated alkanes) is 4. The first-order valence-corrected chi connectivity index (χ1v) is 8.66. The molecule has 0 amide bonds. The molecule has 0 radical (unpaired) electrons. The Morgan fingerprint density at radius 2 is 1.50 bits per heavy atom. The highest BCUT2D eigenvalue weighted by molar-refractivity contribution is 5.94. The molecule has 0 fully saturated rings. The molecule has 2 heteroatoms. The highest BCUT2D eigenvalue weighted by Gasteiger charge is 2.02. The van der Waals surface area contributed by atoms with Crippen LogP contribution in [0.2, 0.25) is 0 Å². The molecule has 0 saturated heterocycles. The van der Waals surface area contributed by atoms with E-state index in [1.54, 1.807) is 6.92 Å². The van der Waals surface area contributed by atoms with Crippen molar-refractivity contribution < 1.29 is 9.53 Å². The molecule has 2 aromatic carbocycles. The van der Waals surface area contributed by atoms with Crippen molar-refractivity contribution in [2.45, 2.75) is 39.0 Å². The molecule has 24 heavy (non-hydrogen) atoms. The summed E-state index contributed by atoms with van der Waals surface area (Å²) < 4.78 is 5.79. The second-order valence-electron chi connectivity index (χ2n) is 6.00. The normalized spacial score (nSPS) is 10.4. The SMILES string of the molecule is C=CCCCCCCOc1ccc(-c2ccc(C(C)=O)cc2)cc1. The third-order valence-electron chi connectivity index (χ3n) is 4.05. The number of allylic oxidation sites excluding steroid dienone is 1. The number of rotatable bonds is 10. The van der Waals surface area contributed by atoms with Gasteiger partial charge in [-0.1, -0.05) is 55.3 Å². The van der Waals surface area contributed by atoms with Crippen LogP contribution in [-0.4, -0.2) is 12.4 Å². The molecule has 126 valence electrons. The fraction of sp³-hybridized carbons (Fsp3) is 0.318. The molecule has 0 heterocycles. The van der Waals surface area contributed by atoms with Crippen molar-refractivity contribution in [1.82, 2.24) is 0 Å². The summed E-state index contributed by atoms with van der Waals surface area (Å²) in [7, 11) is 0. The molecule has 0 aliphatic carbocycles. The van der Waals surface area contributed by atoms with Crippen molar-refractivity contribution in [2.75, 3.05) is 6.61 Å². The quantitative estimate of drug-likeness (QED) is 0.301. The third kappa shape index (κ3) is 5.69. The van der Waals surface area contributed by atoms with E-state index < -0.39 is 0 Å². The number of hydrogen-bond acceptors (Lipinski definition) is 2. The maximum atomic E-state index is 11.3. The van der Waals surface area contributed by atoms with Gasteiger partial charge in [0.15, 0.2) is 5.78 Å². The van der Waals surface area contributed by atoms with Crippen LogP contribution in [0.5, 0.6) is 5.75 Å². The molecule has 0 unspecified atom stereocenters. The Hall–Kier alpha value is -2.35. The van der Waals surface area contributed by atoms with Crippen molar-refractivity contribution in [3.63, 3.8) is 0 Å². The van der Waals surface area contributed by atoms with Crippen molar-refractivity contribution in [3.05, 3.63) is 66.7 Å². The topological polar surface area (TPSA) is 26.3 Å². The van der Waals surface area contributed by atoms with Crippen LogP contribution in [0.25, 0.3) is 11.1 Å². The predicted molar refractivity (Wildman–Crippen MR) is 101 cm³/mol. The van der Waals surface area contributed by atoms with Gasteiger partial charge < -0.3 is 4.74 Å². The molecule has 0 bridgehead atoms. The highest BCUT2D eigenvalue weighted by Crippen LogP contribution is 2.23. The monoisotopic (exact) mass is 322 g/mol. The predicted octanol–water partition coefficient (Wildman–Crippen LogP) is 6.07. The summed E-state index contributed by atoms with van der Waals surface area (Å²) in [4.78, 5) is 11.3. The second-order valence-corrected chi connectivity index (χ2v) is 6.00. The van der Waals surface area contributed by atoms with Gasteiger partial charge in [-0.2, -0.15) is 0 Å². The summed E-state index contributed by atoms with van der Waals surface area (Å²) in [6, 6.07) is 15.8. The zero-order valence-electron chi connectivity index (χ0n) is 14.5. The fourth-order valence-electron chi connectivity index (χ4n) is 2.58. The number of Topliss-reactive ketones (excluding diaryl/α,β-unsaturated/α-hetero) is 1. The number of hydrogen-bond donors (Lipinski definition) is 0. The van der Waals surface area contributed by atoms with Crippen LogP contribution in [0.3, 0.4) is 0 Å². The Labute approximate surface area is 145 Å². The van der Waals surface area contributed by atoms with Gasteiger partial charge in [0.05, 0.1) is 6.61 Å². The van der Waals surface area contributed by atoms with E-state index in [2.05, 4.69) is 18.7 Å². The lowest BCUT2D eigenvalue weighted by Crippen LogP contribution is -1.97. The lowest BCUT2D eigenvalue weighted by atomic mass is 10.0. The molecule has 0 spiro atoms. The lowest BCUT2D eigenvalue weighted by molar-refractivity contribution is 0.101. The van der Waals surface area contributed by atoms with Crippen LogP contribution in [0.15, 0.2) is 61.2 Å². The van der Waals surface area contributed by atoms with E-state index in [4.69, 9.17) is 4.74 Å². The molecule has 2 nitrogen and oxygen atoms in total. The maximum absolute atomic E-state index is 11.3. The minimum atomic E-state index is 0.0924. The van der Waals surface area contributed by atoms with E-state index in [0.717, 1.165) is 41.9 Å². The van der Waals surface area contributed by atoms with Gasteiger partial charge in [-0.05, 0) is 49.4 Å². The Bertz CT molecular complexity index is 639. The van der Waals surface area contributed by atoms with E-state index >= 15 is 0 Å². The Morgan fingerprint density at radius 3 is 2.08 bits per heavy atom. The number of ketones is 1. The largest absolute Gasteiger partial charge is 0.494 e. The first-order chi connectivity index (χ1) is 11.7. The molecule has 0 atom stereocenters. The average Bonchev–Trinajstić information content (AvgIpc) is 2.61. The minimum absolute atomic E-state index is 0.0924. The molecule has 0 aliphatic heterocycles. The second kappa shape index (κ2) is 9.71. The van der Waals surface area contributed by atoms with Gasteiger partial charge in [-0.3, -0.25) is 4.79 Å². The maximum Gasteiger partial charge on any atom is 0.159 e. The van der Waals surface area contributed by atoms with E-state index in [0.29, 0.717) is 0 Å². The first kappa shape index (κ1) is 18.0. The highest BCUT2D eigenvalue weighted by atomic mass is 16.5. The van der Waals surface area contributed by atoms with Gasteiger partial charge in [0.25, 0.3) is 0 Å². The van der Waals surface area contributed by atoms with E-state index in [-0.39, 0.29) is 5.78 Å². The number of carbonyl (C=O) groups excluding carboxylic acids is 1. The van der Waals surface area contributed by atoms with E-state index in [1.807, 2.05) is 42.5 Å². The van der Waals surface area contributed by atoms with Gasteiger partial charge >= 0.3 is 0 Å². The third-order valence-corrected chi connectivity index (χ3v) is 4.05. The molecule has 0 N–H and O–H groups in total. The molecule has 0 aromatic heterocycles. The molecular formula is C22H26O2. The molecule has 0 aliphatic rings. The number of ether oxygens (including phenoxy) is 1. The van der Waals surface area contributed by atoms with Crippen LogP contribution in [-0.2, 0) is 0 Å². The fourth-order valence-corrected chi connectivity index (χ4v) is 2.58. The van der Waals surface area contributed by atoms with Gasteiger partial charge in [0.1, 0.15) is 5.75 Å². The zero-order chi connectivity index (χ0) is 17.2. The number of carbonyl (C=O) groups is 1. The van der Waals surface area contributed by atoms with Gasteiger partial charge in [0, 0.05) is 5.56 Å². The van der Waals surface area contributed by atoms with Gasteiger partial charge in [0.2, 0.25) is 0 Å². The summed E-state index contributed by atoms with van der Waals surface area (Å²) in [6.45, 7) is 6.08. The summed E-state index contributed by atoms with van der Waals surface area (Å²) in [5.74, 6) is 1.000. The molecule has 2 aromatic rings. The van der Waals surface area contributed by atoms with Gasteiger partial charge in [-0.15, -0.1) is 6.58 Å². The summed E-state index contributed by atoms with van der Waals surface area (Å²) in [6.07, 6.45) is 7.84. The van der Waals surface area contributed by atoms with Crippen molar-refractivity contribution in [3.8, 4) is 16.9 Å². The number of benzene rings is 2. The van der Waals surface area contributed by atoms with Crippen molar-refractivity contribution in [1.29, 1.82) is 0 Å². The van der Waals surface area contributed by atoms with Crippen LogP contribution < -0.4 is 4.74 Å². The summed E-state index contributed by atoms with van der Waals surface area (Å²) >= 11 is 0. The first-order valence-electron chi connectivity index (χ1n) is 8.66. The summed E-state index contributed by atoms with van der Waals surface area (Å²) in [5, 5.41) is 0. The van der Waals surface area contributed by atoms with Crippen molar-refractivity contribution in [2.24, 2.45) is 0 Å². The standard InChI is InChI=1S/C22H26O2/c1-3-4-5-6-7-8-17-24-22-15-13-21(14-16-22)20-11-9-19(10-12-20)18(2)23/h3,9-16H,1,4-8,17H2,2H3. The zero-order valence-corrected chi connectivity index (χ0v) is 14.5. The van der Waals surface area contributed by atoms with Crippen molar-refractivity contribution >= 4 is 5.78 Å². The molecule has 2 rings (SSSR count). The van der Waals surface area contributed by atoms with Crippen LogP contribution in [0, 0.1) is 0 Å². The Balaban J connectivity index is 1.80. The Kier molecular flexibility index (Phi) is 7.28. The minimum Gasteiger partial charge on any atom is -0.494 e. The Morgan fingerprint density at radius 1 is 0.917 bits per heavy atom. The van der Waals surface area contributed by atoms with E-state index in [1.165, 1.54) is 19.3 Å². The van der Waals surface area contributed by atoms with Crippen LogP contribution in [0.1, 0.15) is 49.4 Å². The van der Waals surface area contributed by atoms with Crippen LogP contribution >= 0.6 is 0 Å². The van der Waals surface area contributed by atoms with Crippen LogP contribution in [0.4, 0.5) is 0 Å². The smallest absolute Gasteiger partial charge is 0.159 e. The average molecular weight is 322 g/mol. The lowest BCUT2D eigenvalue weighted by Gasteiger charge is -2.08. The molecule has 0 saturated carbocycles.